The van der Waals surface area contributed by atoms with Crippen LogP contribution < -0.4 is 15.4 Å². The van der Waals surface area contributed by atoms with Crippen molar-refractivity contribution in [3.8, 4) is 28.6 Å². The molecule has 0 spiro atoms. The van der Waals surface area contributed by atoms with Crippen LogP contribution in [0.3, 0.4) is 0 Å². The standard InChI is InChI=1S/C23H15F3N6O4/c1-11-17(5-14(7-27-11)20-28-8-15(9-29-20)36-23(24,25)26)32-21(34)18-10-30-22(35-18)12-2-3-16-13(4-12)6-19(33)31-16/h2-5,7-10H,6H2,1H3,(H,31,33)(H,32,34). The number of carbonyl (C=O) groups excluding carboxylic acids is 2. The largest absolute Gasteiger partial charge is 0.573 e. The number of hydrogen-bond donors (Lipinski definition) is 2. The van der Waals surface area contributed by atoms with Gasteiger partial charge in [0.15, 0.2) is 11.6 Å². The molecule has 5 rings (SSSR count). The molecule has 1 aliphatic rings. The van der Waals surface area contributed by atoms with Crippen LogP contribution in [-0.2, 0) is 11.2 Å². The van der Waals surface area contributed by atoms with E-state index in [1.165, 1.54) is 18.5 Å². The minimum absolute atomic E-state index is 0.0607. The van der Waals surface area contributed by atoms with E-state index in [0.717, 1.165) is 23.6 Å². The van der Waals surface area contributed by atoms with E-state index in [2.05, 4.69) is 35.3 Å². The summed E-state index contributed by atoms with van der Waals surface area (Å²) in [7, 11) is 0. The predicted octanol–water partition coefficient (Wildman–Crippen LogP) is 4.15. The lowest BCUT2D eigenvalue weighted by Crippen LogP contribution is -2.17. The van der Waals surface area contributed by atoms with Crippen molar-refractivity contribution in [2.24, 2.45) is 0 Å². The van der Waals surface area contributed by atoms with Crippen molar-refractivity contribution < 1.29 is 31.9 Å². The van der Waals surface area contributed by atoms with E-state index in [1.807, 2.05) is 0 Å². The van der Waals surface area contributed by atoms with Crippen LogP contribution in [0.2, 0.25) is 0 Å². The van der Waals surface area contributed by atoms with Crippen LogP contribution in [0.4, 0.5) is 24.5 Å². The maximum atomic E-state index is 12.8. The maximum absolute atomic E-state index is 12.8. The number of nitrogens with one attached hydrogen (secondary N) is 2. The highest BCUT2D eigenvalue weighted by Crippen LogP contribution is 2.29. The van der Waals surface area contributed by atoms with Gasteiger partial charge in [0.25, 0.3) is 5.91 Å². The highest BCUT2D eigenvalue weighted by atomic mass is 19.4. The molecule has 0 aliphatic carbocycles. The zero-order valence-corrected chi connectivity index (χ0v) is 18.4. The first kappa shape index (κ1) is 23.0. The van der Waals surface area contributed by atoms with Crippen LogP contribution in [0.25, 0.3) is 22.8 Å². The molecule has 0 atom stereocenters. The van der Waals surface area contributed by atoms with Gasteiger partial charge in [-0.15, -0.1) is 13.2 Å². The number of ether oxygens (including phenoxy) is 1. The maximum Gasteiger partial charge on any atom is 0.573 e. The van der Waals surface area contributed by atoms with Gasteiger partial charge in [-0.1, -0.05) is 0 Å². The fraction of sp³-hybridized carbons (Fsp3) is 0.130. The van der Waals surface area contributed by atoms with Crippen LogP contribution in [0.5, 0.6) is 5.75 Å². The average Bonchev–Trinajstić information content (AvgIpc) is 3.46. The Bertz CT molecular complexity index is 1480. The summed E-state index contributed by atoms with van der Waals surface area (Å²) in [6.07, 6.45) is -0.141. The molecule has 1 aromatic carbocycles. The number of anilines is 2. The van der Waals surface area contributed by atoms with E-state index in [0.29, 0.717) is 22.5 Å². The Morgan fingerprint density at radius 2 is 1.83 bits per heavy atom. The number of amides is 2. The average molecular weight is 496 g/mol. The van der Waals surface area contributed by atoms with Gasteiger partial charge >= 0.3 is 6.36 Å². The zero-order valence-electron chi connectivity index (χ0n) is 18.4. The van der Waals surface area contributed by atoms with Gasteiger partial charge in [0.05, 0.1) is 36.4 Å². The minimum Gasteiger partial charge on any atom is -0.431 e. The van der Waals surface area contributed by atoms with Gasteiger partial charge in [-0.3, -0.25) is 14.6 Å². The summed E-state index contributed by atoms with van der Waals surface area (Å²) in [4.78, 5) is 40.4. The van der Waals surface area contributed by atoms with Crippen LogP contribution >= 0.6 is 0 Å². The molecule has 10 nitrogen and oxygen atoms in total. The van der Waals surface area contributed by atoms with Gasteiger partial charge in [-0.2, -0.15) is 0 Å². The summed E-state index contributed by atoms with van der Waals surface area (Å²) in [6, 6.07) is 6.76. The zero-order chi connectivity index (χ0) is 25.4. The lowest BCUT2D eigenvalue weighted by Gasteiger charge is -2.10. The molecular weight excluding hydrogens is 481 g/mol. The second kappa shape index (κ2) is 8.76. The van der Waals surface area contributed by atoms with Crippen LogP contribution in [0, 0.1) is 6.92 Å². The Labute approximate surface area is 200 Å². The molecule has 0 unspecified atom stereocenters. The first-order valence-electron chi connectivity index (χ1n) is 10.4. The van der Waals surface area contributed by atoms with Crippen LogP contribution in [0.15, 0.2) is 53.5 Å². The monoisotopic (exact) mass is 496 g/mol. The number of alkyl halides is 3. The molecule has 2 N–H and O–H groups in total. The first-order valence-corrected chi connectivity index (χ1v) is 10.4. The van der Waals surface area contributed by atoms with Gasteiger partial charge in [-0.05, 0) is 36.8 Å². The fourth-order valence-corrected chi connectivity index (χ4v) is 3.49. The van der Waals surface area contributed by atoms with E-state index in [9.17, 15) is 22.8 Å². The molecular formula is C23H15F3N6O4. The van der Waals surface area contributed by atoms with Crippen molar-refractivity contribution >= 4 is 23.2 Å². The normalized spacial score (nSPS) is 12.7. The number of pyridine rings is 1. The first-order chi connectivity index (χ1) is 17.1. The molecule has 0 bridgehead atoms. The van der Waals surface area contributed by atoms with E-state index in [4.69, 9.17) is 4.42 Å². The second-order valence-corrected chi connectivity index (χ2v) is 7.73. The summed E-state index contributed by atoms with van der Waals surface area (Å²) in [5.41, 5.74) is 3.28. The summed E-state index contributed by atoms with van der Waals surface area (Å²) in [5.74, 6) is -1.03. The van der Waals surface area contributed by atoms with Crippen molar-refractivity contribution in [2.45, 2.75) is 19.7 Å². The highest BCUT2D eigenvalue weighted by molar-refractivity contribution is 6.03. The lowest BCUT2D eigenvalue weighted by atomic mass is 10.1. The Hall–Kier alpha value is -4.81. The Kier molecular flexibility index (Phi) is 5.59. The molecule has 182 valence electrons. The van der Waals surface area contributed by atoms with Gasteiger partial charge < -0.3 is 19.8 Å². The molecule has 3 aromatic heterocycles. The summed E-state index contributed by atoms with van der Waals surface area (Å²) in [5, 5.41) is 5.41. The van der Waals surface area contributed by atoms with E-state index in [1.54, 1.807) is 25.1 Å². The molecule has 2 amide bonds. The highest BCUT2D eigenvalue weighted by Gasteiger charge is 2.31. The van der Waals surface area contributed by atoms with E-state index >= 15 is 0 Å². The molecule has 0 radical (unpaired) electrons. The number of hydrogen-bond acceptors (Lipinski definition) is 8. The van der Waals surface area contributed by atoms with Crippen molar-refractivity contribution in [2.75, 3.05) is 10.6 Å². The Morgan fingerprint density at radius 1 is 1.06 bits per heavy atom. The summed E-state index contributed by atoms with van der Waals surface area (Å²) < 4.78 is 46.4. The second-order valence-electron chi connectivity index (χ2n) is 7.73. The number of benzene rings is 1. The number of carbonyl (C=O) groups is 2. The molecule has 13 heteroatoms. The Morgan fingerprint density at radius 3 is 2.58 bits per heavy atom. The van der Waals surface area contributed by atoms with E-state index < -0.39 is 18.0 Å². The predicted molar refractivity (Wildman–Crippen MR) is 119 cm³/mol. The van der Waals surface area contributed by atoms with Crippen molar-refractivity contribution in [1.29, 1.82) is 0 Å². The molecule has 0 saturated carbocycles. The number of fused-ring (bicyclic) bond motifs is 1. The Balaban J connectivity index is 1.32. The quantitative estimate of drug-likeness (QED) is 0.421. The SMILES string of the molecule is Cc1ncc(-c2ncc(OC(F)(F)F)cn2)cc1NC(=O)c1cnc(-c2ccc3c(c2)CC(=O)N3)o1. The summed E-state index contributed by atoms with van der Waals surface area (Å²) >= 11 is 0. The van der Waals surface area contributed by atoms with E-state index in [-0.39, 0.29) is 29.8 Å². The molecule has 4 aromatic rings. The topological polar surface area (TPSA) is 132 Å². The third kappa shape index (κ3) is 4.85. The number of aryl methyl sites for hydroxylation is 1. The van der Waals surface area contributed by atoms with Crippen LogP contribution in [-0.4, -0.2) is 38.1 Å². The lowest BCUT2D eigenvalue weighted by molar-refractivity contribution is -0.274. The number of rotatable bonds is 5. The molecule has 36 heavy (non-hydrogen) atoms. The third-order valence-electron chi connectivity index (χ3n) is 5.16. The van der Waals surface area contributed by atoms with Crippen LogP contribution in [0.1, 0.15) is 21.8 Å². The number of aromatic nitrogens is 4. The summed E-state index contributed by atoms with van der Waals surface area (Å²) in [6.45, 7) is 1.66. The number of halogens is 3. The third-order valence-corrected chi connectivity index (χ3v) is 5.16. The van der Waals surface area contributed by atoms with Gasteiger partial charge in [0.1, 0.15) is 0 Å². The van der Waals surface area contributed by atoms with Gasteiger partial charge in [-0.25, -0.2) is 15.0 Å². The smallest absolute Gasteiger partial charge is 0.431 e. The molecule has 1 aliphatic heterocycles. The van der Waals surface area contributed by atoms with Gasteiger partial charge in [0.2, 0.25) is 17.6 Å². The van der Waals surface area contributed by atoms with Crippen molar-refractivity contribution in [3.05, 3.63) is 66.1 Å². The fourth-order valence-electron chi connectivity index (χ4n) is 3.49. The minimum atomic E-state index is -4.86. The molecule has 0 fully saturated rings. The van der Waals surface area contributed by atoms with Crippen molar-refractivity contribution in [3.63, 3.8) is 0 Å². The van der Waals surface area contributed by atoms with Gasteiger partial charge in [0, 0.05) is 23.0 Å². The number of nitrogens with zero attached hydrogens (tertiary/aromatic N) is 4. The molecule has 0 saturated heterocycles. The van der Waals surface area contributed by atoms with Crippen molar-refractivity contribution in [1.82, 2.24) is 19.9 Å². The molecule has 4 heterocycles. The number of oxazole rings is 1.